The van der Waals surface area contributed by atoms with E-state index < -0.39 is 0 Å². The minimum Gasteiger partial charge on any atom is -0.338 e. The predicted molar refractivity (Wildman–Crippen MR) is 97.2 cm³/mol. The Labute approximate surface area is 144 Å². The van der Waals surface area contributed by atoms with Crippen LogP contribution in [-0.4, -0.2) is 42.7 Å². The molecule has 0 saturated carbocycles. The fourth-order valence-electron chi connectivity index (χ4n) is 2.84. The summed E-state index contributed by atoms with van der Waals surface area (Å²) < 4.78 is 0. The van der Waals surface area contributed by atoms with Crippen molar-refractivity contribution in [2.75, 3.05) is 26.7 Å². The third-order valence-corrected chi connectivity index (χ3v) is 4.79. The first-order valence-electron chi connectivity index (χ1n) is 7.80. The van der Waals surface area contributed by atoms with Gasteiger partial charge in [-0.25, -0.2) is 0 Å². The summed E-state index contributed by atoms with van der Waals surface area (Å²) in [4.78, 5) is 15.8. The van der Waals surface area contributed by atoms with Crippen molar-refractivity contribution in [1.29, 1.82) is 0 Å². The average molecular weight is 343 g/mol. The van der Waals surface area contributed by atoms with E-state index in [0.29, 0.717) is 11.2 Å². The molecule has 124 valence electrons. The van der Waals surface area contributed by atoms with Crippen LogP contribution < -0.4 is 5.32 Å². The number of carbonyl (C=O) groups excluding carboxylic acids is 1. The van der Waals surface area contributed by atoms with E-state index in [2.05, 4.69) is 31.3 Å². The van der Waals surface area contributed by atoms with Gasteiger partial charge < -0.3 is 10.2 Å². The van der Waals surface area contributed by atoms with E-state index in [0.717, 1.165) is 31.6 Å². The molecule has 0 bridgehead atoms. The topological polar surface area (TPSA) is 32.3 Å². The first-order chi connectivity index (χ1) is 10.1. The first-order valence-corrected chi connectivity index (χ1v) is 8.68. The number of amides is 1. The van der Waals surface area contributed by atoms with Crippen LogP contribution in [0.5, 0.6) is 0 Å². The highest BCUT2D eigenvalue weighted by atomic mass is 35.5. The molecule has 0 aromatic heterocycles. The fourth-order valence-corrected chi connectivity index (χ4v) is 3.67. The number of benzene rings is 1. The number of carbonyl (C=O) groups is 1. The summed E-state index contributed by atoms with van der Waals surface area (Å²) in [5, 5.41) is 3.79. The van der Waals surface area contributed by atoms with Crippen LogP contribution in [0.3, 0.4) is 0 Å². The molecule has 1 N–H and O–H groups in total. The van der Waals surface area contributed by atoms with Gasteiger partial charge >= 0.3 is 0 Å². The number of hydrogen-bond donors (Lipinski definition) is 1. The van der Waals surface area contributed by atoms with Crippen molar-refractivity contribution < 1.29 is 4.79 Å². The zero-order chi connectivity index (χ0) is 15.2. The van der Waals surface area contributed by atoms with E-state index in [9.17, 15) is 4.79 Å². The van der Waals surface area contributed by atoms with E-state index in [1.54, 1.807) is 0 Å². The predicted octanol–water partition coefficient (Wildman–Crippen LogP) is 3.68. The van der Waals surface area contributed by atoms with Crippen molar-refractivity contribution >= 4 is 30.1 Å². The maximum absolute atomic E-state index is 12.6. The lowest BCUT2D eigenvalue weighted by Gasteiger charge is -2.32. The normalized spacial score (nSPS) is 18.2. The second kappa shape index (κ2) is 9.43. The van der Waals surface area contributed by atoms with Gasteiger partial charge in [0, 0.05) is 28.8 Å². The Balaban J connectivity index is 0.00000242. The van der Waals surface area contributed by atoms with Gasteiger partial charge in [0.25, 0.3) is 5.91 Å². The summed E-state index contributed by atoms with van der Waals surface area (Å²) in [6, 6.07) is 8.06. The lowest BCUT2D eigenvalue weighted by molar-refractivity contribution is 0.0674. The lowest BCUT2D eigenvalue weighted by Crippen LogP contribution is -2.42. The molecular weight excluding hydrogens is 316 g/mol. The Morgan fingerprint density at radius 3 is 2.64 bits per heavy atom. The van der Waals surface area contributed by atoms with Crippen LogP contribution in [-0.2, 0) is 0 Å². The molecule has 2 rings (SSSR count). The molecule has 0 radical (unpaired) electrons. The molecule has 1 atom stereocenters. The molecule has 22 heavy (non-hydrogen) atoms. The van der Waals surface area contributed by atoms with Crippen LogP contribution in [0.1, 0.15) is 37.0 Å². The van der Waals surface area contributed by atoms with Crippen LogP contribution in [0, 0.1) is 5.92 Å². The van der Waals surface area contributed by atoms with Gasteiger partial charge in [-0.3, -0.25) is 4.79 Å². The SMILES string of the molecule is CNCC1CCCN(C(=O)c2ccc(SC(C)C)cc2)C1.Cl. The van der Waals surface area contributed by atoms with Gasteiger partial charge in [0.05, 0.1) is 0 Å². The van der Waals surface area contributed by atoms with Crippen molar-refractivity contribution in [3.05, 3.63) is 29.8 Å². The van der Waals surface area contributed by atoms with Crippen molar-refractivity contribution in [3.63, 3.8) is 0 Å². The Morgan fingerprint density at radius 2 is 2.05 bits per heavy atom. The lowest BCUT2D eigenvalue weighted by atomic mass is 9.97. The summed E-state index contributed by atoms with van der Waals surface area (Å²) in [7, 11) is 1.98. The first kappa shape index (κ1) is 19.3. The highest BCUT2D eigenvalue weighted by molar-refractivity contribution is 7.99. The summed E-state index contributed by atoms with van der Waals surface area (Å²) in [6.07, 6.45) is 2.33. The largest absolute Gasteiger partial charge is 0.338 e. The molecule has 1 aromatic rings. The molecule has 1 aliphatic heterocycles. The third-order valence-electron chi connectivity index (χ3n) is 3.77. The Bertz CT molecular complexity index is 462. The van der Waals surface area contributed by atoms with Crippen LogP contribution in [0.15, 0.2) is 29.2 Å². The average Bonchev–Trinajstić information content (AvgIpc) is 2.47. The van der Waals surface area contributed by atoms with Crippen LogP contribution >= 0.6 is 24.2 Å². The summed E-state index contributed by atoms with van der Waals surface area (Å²) >= 11 is 1.83. The van der Waals surface area contributed by atoms with Crippen LogP contribution in [0.4, 0.5) is 0 Å². The molecular formula is C17H27ClN2OS. The molecule has 1 aliphatic rings. The van der Waals surface area contributed by atoms with Crippen LogP contribution in [0.25, 0.3) is 0 Å². The van der Waals surface area contributed by atoms with Gasteiger partial charge in [0.1, 0.15) is 0 Å². The van der Waals surface area contributed by atoms with Crippen molar-refractivity contribution in [2.24, 2.45) is 5.92 Å². The molecule has 1 saturated heterocycles. The summed E-state index contributed by atoms with van der Waals surface area (Å²) in [5.41, 5.74) is 0.813. The fraction of sp³-hybridized carbons (Fsp3) is 0.588. The van der Waals surface area contributed by atoms with E-state index in [1.807, 2.05) is 35.8 Å². The Hall–Kier alpha value is -0.710. The van der Waals surface area contributed by atoms with E-state index in [4.69, 9.17) is 0 Å². The van der Waals surface area contributed by atoms with Gasteiger partial charge in [0.2, 0.25) is 0 Å². The minimum absolute atomic E-state index is 0. The number of halogens is 1. The van der Waals surface area contributed by atoms with E-state index >= 15 is 0 Å². The molecule has 3 nitrogen and oxygen atoms in total. The van der Waals surface area contributed by atoms with E-state index in [-0.39, 0.29) is 18.3 Å². The number of nitrogens with zero attached hydrogens (tertiary/aromatic N) is 1. The molecule has 1 fully saturated rings. The third kappa shape index (κ3) is 5.49. The number of thioether (sulfide) groups is 1. The van der Waals surface area contributed by atoms with E-state index in [1.165, 1.54) is 11.3 Å². The van der Waals surface area contributed by atoms with Gasteiger partial charge in [-0.05, 0) is 56.6 Å². The van der Waals surface area contributed by atoms with Gasteiger partial charge in [-0.2, -0.15) is 0 Å². The number of rotatable bonds is 5. The highest BCUT2D eigenvalue weighted by Crippen LogP contribution is 2.24. The molecule has 5 heteroatoms. The monoisotopic (exact) mass is 342 g/mol. The number of hydrogen-bond acceptors (Lipinski definition) is 3. The molecule has 1 heterocycles. The smallest absolute Gasteiger partial charge is 0.253 e. The molecule has 1 aromatic carbocycles. The molecule has 0 aliphatic carbocycles. The molecule has 1 amide bonds. The number of likely N-dealkylation sites (tertiary alicyclic amines) is 1. The van der Waals surface area contributed by atoms with Gasteiger partial charge in [-0.1, -0.05) is 13.8 Å². The standard InChI is InChI=1S/C17H26N2OS.ClH/c1-13(2)21-16-8-6-15(7-9-16)17(20)19-10-4-5-14(12-19)11-18-3;/h6-9,13-14,18H,4-5,10-12H2,1-3H3;1H. The molecule has 0 spiro atoms. The maximum atomic E-state index is 12.6. The zero-order valence-electron chi connectivity index (χ0n) is 13.7. The second-order valence-electron chi connectivity index (χ2n) is 6.01. The van der Waals surface area contributed by atoms with Crippen molar-refractivity contribution in [2.45, 2.75) is 36.8 Å². The number of nitrogens with one attached hydrogen (secondary N) is 1. The maximum Gasteiger partial charge on any atom is 0.253 e. The summed E-state index contributed by atoms with van der Waals surface area (Å²) in [6.45, 7) is 7.12. The van der Waals surface area contributed by atoms with Gasteiger partial charge in [-0.15, -0.1) is 24.2 Å². The summed E-state index contributed by atoms with van der Waals surface area (Å²) in [5.74, 6) is 0.764. The zero-order valence-corrected chi connectivity index (χ0v) is 15.3. The highest BCUT2D eigenvalue weighted by Gasteiger charge is 2.23. The van der Waals surface area contributed by atoms with Crippen LogP contribution in [0.2, 0.25) is 0 Å². The Morgan fingerprint density at radius 1 is 1.36 bits per heavy atom. The van der Waals surface area contributed by atoms with Crippen molar-refractivity contribution in [1.82, 2.24) is 10.2 Å². The Kier molecular flexibility index (Phi) is 8.29. The number of piperidine rings is 1. The molecule has 1 unspecified atom stereocenters. The quantitative estimate of drug-likeness (QED) is 0.828. The minimum atomic E-state index is 0. The van der Waals surface area contributed by atoms with Crippen molar-refractivity contribution in [3.8, 4) is 0 Å². The van der Waals surface area contributed by atoms with Gasteiger partial charge in [0.15, 0.2) is 0 Å². The second-order valence-corrected chi connectivity index (χ2v) is 7.66.